The topological polar surface area (TPSA) is 109 Å². The Morgan fingerprint density at radius 1 is 0.971 bits per heavy atom. The molecule has 2 heterocycles. The third-order valence-corrected chi connectivity index (χ3v) is 6.27. The first-order chi connectivity index (χ1) is 16.5. The van der Waals surface area contributed by atoms with E-state index < -0.39 is 4.92 Å². The van der Waals surface area contributed by atoms with Gasteiger partial charge in [-0.25, -0.2) is 9.67 Å². The largest absolute Gasteiger partial charge is 0.269 e. The summed E-state index contributed by atoms with van der Waals surface area (Å²) in [5.74, 6) is 0.408. The van der Waals surface area contributed by atoms with Gasteiger partial charge in [0.1, 0.15) is 0 Å². The highest BCUT2D eigenvalue weighted by molar-refractivity contribution is 7.98. The first kappa shape index (κ1) is 21.8. The van der Waals surface area contributed by atoms with E-state index in [1.807, 2.05) is 6.07 Å². The quantitative estimate of drug-likeness (QED) is 0.145. The fourth-order valence-electron chi connectivity index (χ4n) is 3.38. The minimum absolute atomic E-state index is 0.00203. The molecule has 0 aliphatic heterocycles. The number of para-hydroxylation sites is 1. The monoisotopic (exact) mass is 490 g/mol. The summed E-state index contributed by atoms with van der Waals surface area (Å²) in [6.45, 7) is 0. The van der Waals surface area contributed by atoms with E-state index in [0.717, 1.165) is 0 Å². The smallest absolute Gasteiger partial charge is 0.268 e. The molecule has 11 heteroatoms. The van der Waals surface area contributed by atoms with Crippen molar-refractivity contribution in [2.75, 3.05) is 0 Å². The molecule has 0 aliphatic rings. The van der Waals surface area contributed by atoms with Crippen molar-refractivity contribution < 1.29 is 4.92 Å². The SMILES string of the molecule is O=c1c2ccccc2nc(SCc2cn(-c3ccc([N+](=O)[O-])cc3)nn2)n1-c1ccc(Cl)cc1. The highest BCUT2D eigenvalue weighted by atomic mass is 35.5. The summed E-state index contributed by atoms with van der Waals surface area (Å²) in [5.41, 5.74) is 2.40. The Morgan fingerprint density at radius 2 is 1.68 bits per heavy atom. The molecule has 0 aliphatic carbocycles. The van der Waals surface area contributed by atoms with Crippen molar-refractivity contribution in [2.24, 2.45) is 0 Å². The average Bonchev–Trinajstić information content (AvgIpc) is 3.33. The van der Waals surface area contributed by atoms with E-state index in [4.69, 9.17) is 16.6 Å². The lowest BCUT2D eigenvalue weighted by Crippen LogP contribution is -2.21. The molecule has 0 saturated heterocycles. The maximum absolute atomic E-state index is 13.3. The van der Waals surface area contributed by atoms with Gasteiger partial charge < -0.3 is 0 Å². The van der Waals surface area contributed by atoms with Crippen LogP contribution >= 0.6 is 23.4 Å². The van der Waals surface area contributed by atoms with Crippen LogP contribution in [0.5, 0.6) is 0 Å². The Balaban J connectivity index is 1.46. The van der Waals surface area contributed by atoms with Crippen LogP contribution in [-0.2, 0) is 5.75 Å². The van der Waals surface area contributed by atoms with E-state index in [1.165, 1.54) is 23.9 Å². The van der Waals surface area contributed by atoms with Gasteiger partial charge in [-0.1, -0.05) is 40.7 Å². The fraction of sp³-hybridized carbons (Fsp3) is 0.0435. The fourth-order valence-corrected chi connectivity index (χ4v) is 4.40. The summed E-state index contributed by atoms with van der Waals surface area (Å²) in [6, 6.07) is 20.2. The molecular weight excluding hydrogens is 476 g/mol. The lowest BCUT2D eigenvalue weighted by Gasteiger charge is -2.13. The second-order valence-corrected chi connectivity index (χ2v) is 8.62. The molecule has 0 bridgehead atoms. The summed E-state index contributed by atoms with van der Waals surface area (Å²) in [7, 11) is 0. The van der Waals surface area contributed by atoms with E-state index in [1.54, 1.807) is 70.0 Å². The van der Waals surface area contributed by atoms with Crippen molar-refractivity contribution in [3.63, 3.8) is 0 Å². The predicted molar refractivity (Wildman–Crippen MR) is 130 cm³/mol. The molecular formula is C23H15ClN6O3S. The molecule has 5 aromatic rings. The summed E-state index contributed by atoms with van der Waals surface area (Å²) in [4.78, 5) is 28.4. The third-order valence-electron chi connectivity index (χ3n) is 5.04. The number of rotatable bonds is 6. The molecule has 0 N–H and O–H groups in total. The van der Waals surface area contributed by atoms with Gasteiger partial charge in [-0.2, -0.15) is 0 Å². The molecule has 0 unspecified atom stereocenters. The Hall–Kier alpha value is -4.02. The van der Waals surface area contributed by atoms with E-state index in [2.05, 4.69) is 10.3 Å². The van der Waals surface area contributed by atoms with Crippen LogP contribution in [-0.4, -0.2) is 29.5 Å². The number of thioether (sulfide) groups is 1. The van der Waals surface area contributed by atoms with Gasteiger partial charge in [0, 0.05) is 22.9 Å². The highest BCUT2D eigenvalue weighted by Gasteiger charge is 2.15. The molecule has 5 rings (SSSR count). The molecule has 0 radical (unpaired) electrons. The number of aromatic nitrogens is 5. The summed E-state index contributed by atoms with van der Waals surface area (Å²) in [5, 5.41) is 20.8. The first-order valence-electron chi connectivity index (χ1n) is 10.1. The van der Waals surface area contributed by atoms with E-state index in [9.17, 15) is 14.9 Å². The van der Waals surface area contributed by atoms with Crippen LogP contribution in [0.15, 0.2) is 88.9 Å². The molecule has 168 valence electrons. The van der Waals surface area contributed by atoms with Crippen LogP contribution in [0.1, 0.15) is 5.69 Å². The standard InChI is InChI=1S/C23H15ClN6O3S/c24-15-5-7-18(8-6-15)29-22(31)20-3-1-2-4-21(20)25-23(29)34-14-16-13-28(27-26-16)17-9-11-19(12-10-17)30(32)33/h1-13H,14H2. The van der Waals surface area contributed by atoms with Gasteiger partial charge in [0.05, 0.1) is 39.1 Å². The van der Waals surface area contributed by atoms with Crippen LogP contribution < -0.4 is 5.56 Å². The van der Waals surface area contributed by atoms with Gasteiger partial charge in [-0.05, 0) is 48.5 Å². The van der Waals surface area contributed by atoms with Crippen molar-refractivity contribution in [3.8, 4) is 11.4 Å². The van der Waals surface area contributed by atoms with Crippen molar-refractivity contribution in [1.29, 1.82) is 0 Å². The van der Waals surface area contributed by atoms with Gasteiger partial charge in [0.15, 0.2) is 5.16 Å². The molecule has 2 aromatic heterocycles. The molecule has 0 spiro atoms. The number of nitrogens with zero attached hydrogens (tertiary/aromatic N) is 6. The number of nitro groups is 1. The van der Waals surface area contributed by atoms with Gasteiger partial charge >= 0.3 is 0 Å². The normalized spacial score (nSPS) is 11.1. The van der Waals surface area contributed by atoms with Crippen molar-refractivity contribution in [3.05, 3.63) is 110 Å². The molecule has 34 heavy (non-hydrogen) atoms. The minimum Gasteiger partial charge on any atom is -0.268 e. The number of fused-ring (bicyclic) bond motifs is 1. The van der Waals surface area contributed by atoms with E-state index >= 15 is 0 Å². The number of hydrogen-bond donors (Lipinski definition) is 0. The van der Waals surface area contributed by atoms with Crippen LogP contribution in [0.2, 0.25) is 5.02 Å². The van der Waals surface area contributed by atoms with Gasteiger partial charge in [0.2, 0.25) is 0 Å². The van der Waals surface area contributed by atoms with Crippen LogP contribution in [0.3, 0.4) is 0 Å². The van der Waals surface area contributed by atoms with Crippen molar-refractivity contribution in [2.45, 2.75) is 10.9 Å². The zero-order valence-corrected chi connectivity index (χ0v) is 19.0. The Bertz CT molecular complexity index is 1570. The van der Waals surface area contributed by atoms with Gasteiger partial charge in [-0.3, -0.25) is 19.5 Å². The number of nitro benzene ring substituents is 1. The van der Waals surface area contributed by atoms with E-state index in [0.29, 0.717) is 43.9 Å². The van der Waals surface area contributed by atoms with Crippen molar-refractivity contribution in [1.82, 2.24) is 24.5 Å². The number of non-ortho nitro benzene ring substituents is 1. The van der Waals surface area contributed by atoms with Gasteiger partial charge in [-0.15, -0.1) is 5.10 Å². The molecule has 3 aromatic carbocycles. The lowest BCUT2D eigenvalue weighted by molar-refractivity contribution is -0.384. The number of benzene rings is 3. The maximum atomic E-state index is 13.3. The lowest BCUT2D eigenvalue weighted by atomic mass is 10.2. The molecule has 0 atom stereocenters. The zero-order valence-electron chi connectivity index (χ0n) is 17.4. The van der Waals surface area contributed by atoms with Gasteiger partial charge in [0.25, 0.3) is 11.2 Å². The Morgan fingerprint density at radius 3 is 2.41 bits per heavy atom. The second-order valence-electron chi connectivity index (χ2n) is 7.25. The van der Waals surface area contributed by atoms with E-state index in [-0.39, 0.29) is 11.2 Å². The van der Waals surface area contributed by atoms with Crippen LogP contribution in [0.4, 0.5) is 5.69 Å². The zero-order chi connectivity index (χ0) is 23.7. The predicted octanol–water partition coefficient (Wildman–Crippen LogP) is 4.82. The third kappa shape index (κ3) is 4.28. The van der Waals surface area contributed by atoms with Crippen LogP contribution in [0.25, 0.3) is 22.3 Å². The number of halogens is 1. The van der Waals surface area contributed by atoms with Crippen LogP contribution in [0, 0.1) is 10.1 Å². The molecule has 0 amide bonds. The van der Waals surface area contributed by atoms with Crippen molar-refractivity contribution >= 4 is 40.0 Å². The highest BCUT2D eigenvalue weighted by Crippen LogP contribution is 2.25. The minimum atomic E-state index is -0.454. The average molecular weight is 491 g/mol. The first-order valence-corrected chi connectivity index (χ1v) is 11.4. The summed E-state index contributed by atoms with van der Waals surface area (Å²) >= 11 is 7.39. The summed E-state index contributed by atoms with van der Waals surface area (Å²) < 4.78 is 3.10. The molecule has 0 fully saturated rings. The molecule has 9 nitrogen and oxygen atoms in total. The molecule has 0 saturated carbocycles. The Labute approximate surface area is 201 Å². The Kier molecular flexibility index (Phi) is 5.83. The number of hydrogen-bond acceptors (Lipinski definition) is 7. The maximum Gasteiger partial charge on any atom is 0.269 e. The second kappa shape index (κ2) is 9.08. The summed E-state index contributed by atoms with van der Waals surface area (Å²) in [6.07, 6.45) is 1.74.